The molecule has 2 aromatic rings. The van der Waals surface area contributed by atoms with E-state index in [1.165, 1.54) is 5.56 Å². The Bertz CT molecular complexity index is 765. The quantitative estimate of drug-likeness (QED) is 0.601. The Morgan fingerprint density at radius 1 is 1.35 bits per heavy atom. The maximum Gasteiger partial charge on any atom is 0.251 e. The number of halogens is 1. The van der Waals surface area contributed by atoms with Gasteiger partial charge in [-0.1, -0.05) is 29.5 Å². The molecule has 106 valence electrons. The zero-order valence-electron chi connectivity index (χ0n) is 12.1. The van der Waals surface area contributed by atoms with Gasteiger partial charge in [0.1, 0.15) is 11.4 Å². The van der Waals surface area contributed by atoms with Gasteiger partial charge in [0, 0.05) is 26.9 Å². The van der Waals surface area contributed by atoms with E-state index >= 15 is 0 Å². The van der Waals surface area contributed by atoms with Gasteiger partial charge in [-0.15, -0.1) is 0 Å². The molecule has 0 radical (unpaired) electrons. The molecule has 3 rings (SSSR count). The number of aromatic amines is 1. The molecule has 20 heavy (non-hydrogen) atoms. The van der Waals surface area contributed by atoms with Crippen molar-refractivity contribution in [3.8, 4) is 5.75 Å². The van der Waals surface area contributed by atoms with Crippen molar-refractivity contribution in [1.82, 2.24) is 4.98 Å². The molecule has 1 aromatic carbocycles. The number of hydrogen-bond donors (Lipinski definition) is 1. The third-order valence-corrected chi connectivity index (χ3v) is 6.00. The van der Waals surface area contributed by atoms with Crippen molar-refractivity contribution in [3.63, 3.8) is 0 Å². The molecule has 0 aliphatic carbocycles. The van der Waals surface area contributed by atoms with Crippen LogP contribution in [0.25, 0.3) is 10.9 Å². The van der Waals surface area contributed by atoms with Crippen molar-refractivity contribution in [2.24, 2.45) is 0 Å². The first-order valence-corrected chi connectivity index (χ1v) is 8.32. The van der Waals surface area contributed by atoms with E-state index in [0.717, 1.165) is 32.2 Å². The number of hydrogen-bond acceptors (Lipinski definition) is 2. The number of rotatable bonds is 1. The van der Waals surface area contributed by atoms with Gasteiger partial charge < -0.3 is 9.72 Å². The first-order valence-electron chi connectivity index (χ1n) is 6.79. The Labute approximate surface area is 131 Å². The van der Waals surface area contributed by atoms with E-state index in [9.17, 15) is 4.79 Å². The molecular formula is C16H18INO2. The van der Waals surface area contributed by atoms with Crippen LogP contribution in [0.3, 0.4) is 0 Å². The predicted molar refractivity (Wildman–Crippen MR) is 90.4 cm³/mol. The highest BCUT2D eigenvalue weighted by atomic mass is 127. The lowest BCUT2D eigenvalue weighted by Gasteiger charge is -2.26. The second kappa shape index (κ2) is 4.48. The van der Waals surface area contributed by atoms with Gasteiger partial charge in [0.25, 0.3) is 5.56 Å². The van der Waals surface area contributed by atoms with Crippen molar-refractivity contribution in [2.45, 2.75) is 39.2 Å². The van der Waals surface area contributed by atoms with Crippen LogP contribution < -0.4 is 10.3 Å². The summed E-state index contributed by atoms with van der Waals surface area (Å²) in [5.74, 6) is 1.29. The molecule has 1 aliphatic rings. The fourth-order valence-electron chi connectivity index (χ4n) is 2.88. The fraction of sp³-hybridized carbons (Fsp3) is 0.438. The van der Waals surface area contributed by atoms with Crippen molar-refractivity contribution in [1.29, 1.82) is 0 Å². The zero-order chi connectivity index (χ0) is 14.7. The summed E-state index contributed by atoms with van der Waals surface area (Å²) < 4.78 is 7.22. The van der Waals surface area contributed by atoms with E-state index in [2.05, 4.69) is 47.5 Å². The van der Waals surface area contributed by atoms with Crippen molar-refractivity contribution < 1.29 is 4.74 Å². The SMILES string of the molecule is Cc1cc2c3c(cc(C)c2[nH]c1=O)C(C)C(C)(CI)O3. The van der Waals surface area contributed by atoms with Gasteiger partial charge in [-0.3, -0.25) is 4.79 Å². The molecule has 2 heterocycles. The highest BCUT2D eigenvalue weighted by Gasteiger charge is 2.42. The lowest BCUT2D eigenvalue weighted by molar-refractivity contribution is 0.126. The van der Waals surface area contributed by atoms with Gasteiger partial charge in [0.05, 0.1) is 5.52 Å². The van der Waals surface area contributed by atoms with E-state index in [0.29, 0.717) is 5.92 Å². The number of aryl methyl sites for hydroxylation is 2. The Hall–Kier alpha value is -1.04. The number of ether oxygens (including phenoxy) is 1. The maximum absolute atomic E-state index is 11.8. The molecule has 1 aliphatic heterocycles. The minimum absolute atomic E-state index is 0.0248. The van der Waals surface area contributed by atoms with Crippen LogP contribution >= 0.6 is 22.6 Å². The van der Waals surface area contributed by atoms with Crippen molar-refractivity contribution in [3.05, 3.63) is 39.2 Å². The van der Waals surface area contributed by atoms with Gasteiger partial charge in [-0.25, -0.2) is 0 Å². The summed E-state index contributed by atoms with van der Waals surface area (Å²) in [5.41, 5.74) is 3.77. The van der Waals surface area contributed by atoms with E-state index in [-0.39, 0.29) is 11.2 Å². The highest BCUT2D eigenvalue weighted by Crippen LogP contribution is 2.49. The molecule has 1 N–H and O–H groups in total. The van der Waals surface area contributed by atoms with Crippen LogP contribution in [0, 0.1) is 13.8 Å². The molecule has 0 fully saturated rings. The van der Waals surface area contributed by atoms with Gasteiger partial charge in [-0.05, 0) is 38.5 Å². The lowest BCUT2D eigenvalue weighted by atomic mass is 9.87. The summed E-state index contributed by atoms with van der Waals surface area (Å²) in [6, 6.07) is 4.11. The lowest BCUT2D eigenvalue weighted by Crippen LogP contribution is -2.34. The van der Waals surface area contributed by atoms with E-state index < -0.39 is 0 Å². The Kier molecular flexibility index (Phi) is 3.12. The van der Waals surface area contributed by atoms with Crippen LogP contribution in [0.4, 0.5) is 0 Å². The molecule has 0 bridgehead atoms. The van der Waals surface area contributed by atoms with Gasteiger partial charge >= 0.3 is 0 Å². The van der Waals surface area contributed by atoms with Crippen molar-refractivity contribution in [2.75, 3.05) is 4.43 Å². The number of aromatic nitrogens is 1. The predicted octanol–water partition coefficient (Wildman–Crippen LogP) is 3.83. The summed E-state index contributed by atoms with van der Waals surface area (Å²) >= 11 is 2.38. The topological polar surface area (TPSA) is 42.1 Å². The fourth-order valence-corrected chi connectivity index (χ4v) is 3.70. The minimum Gasteiger partial charge on any atom is -0.485 e. The molecule has 1 aromatic heterocycles. The third-order valence-electron chi connectivity index (χ3n) is 4.48. The Morgan fingerprint density at radius 2 is 2.05 bits per heavy atom. The zero-order valence-corrected chi connectivity index (χ0v) is 14.3. The Balaban J connectivity index is 2.37. The van der Waals surface area contributed by atoms with E-state index in [1.807, 2.05) is 19.9 Å². The number of alkyl halides is 1. The summed E-state index contributed by atoms with van der Waals surface area (Å²) in [7, 11) is 0. The molecular weight excluding hydrogens is 365 g/mol. The minimum atomic E-state index is -0.173. The molecule has 2 unspecified atom stereocenters. The smallest absolute Gasteiger partial charge is 0.251 e. The molecule has 0 amide bonds. The standard InChI is InChI=1S/C16H18INO2/c1-8-5-11-10(3)16(4,7-17)20-14(11)12-6-9(2)15(19)18-13(8)12/h5-6,10H,7H2,1-4H3,(H,18,19). The summed E-state index contributed by atoms with van der Waals surface area (Å²) in [5, 5.41) is 1.03. The Morgan fingerprint density at radius 3 is 2.70 bits per heavy atom. The third kappa shape index (κ3) is 1.80. The monoisotopic (exact) mass is 383 g/mol. The van der Waals surface area contributed by atoms with Crippen LogP contribution in [-0.4, -0.2) is 15.0 Å². The first-order chi connectivity index (χ1) is 9.37. The maximum atomic E-state index is 11.8. The number of nitrogens with one attached hydrogen (secondary N) is 1. The molecule has 4 heteroatoms. The molecule has 3 nitrogen and oxygen atoms in total. The number of pyridine rings is 1. The van der Waals surface area contributed by atoms with Crippen LogP contribution in [-0.2, 0) is 0 Å². The highest BCUT2D eigenvalue weighted by molar-refractivity contribution is 14.1. The second-order valence-electron chi connectivity index (χ2n) is 5.95. The normalized spacial score (nSPS) is 24.8. The molecule has 0 saturated carbocycles. The number of benzene rings is 1. The largest absolute Gasteiger partial charge is 0.485 e. The molecule has 2 atom stereocenters. The van der Waals surface area contributed by atoms with Crippen LogP contribution in [0.2, 0.25) is 0 Å². The summed E-state index contributed by atoms with van der Waals surface area (Å²) in [6.45, 7) is 8.25. The summed E-state index contributed by atoms with van der Waals surface area (Å²) in [6.07, 6.45) is 0. The van der Waals surface area contributed by atoms with Crippen LogP contribution in [0.15, 0.2) is 16.9 Å². The first kappa shape index (κ1) is 13.9. The van der Waals surface area contributed by atoms with E-state index in [1.54, 1.807) is 0 Å². The van der Waals surface area contributed by atoms with Crippen LogP contribution in [0.1, 0.15) is 36.5 Å². The van der Waals surface area contributed by atoms with Gasteiger partial charge in [-0.2, -0.15) is 0 Å². The number of fused-ring (bicyclic) bond motifs is 3. The molecule has 0 saturated heterocycles. The summed E-state index contributed by atoms with van der Waals surface area (Å²) in [4.78, 5) is 14.8. The average molecular weight is 383 g/mol. The van der Waals surface area contributed by atoms with Crippen molar-refractivity contribution >= 4 is 33.5 Å². The van der Waals surface area contributed by atoms with Crippen LogP contribution in [0.5, 0.6) is 5.75 Å². The van der Waals surface area contributed by atoms with Gasteiger partial charge in [0.15, 0.2) is 0 Å². The van der Waals surface area contributed by atoms with Gasteiger partial charge in [0.2, 0.25) is 0 Å². The average Bonchev–Trinajstić information content (AvgIpc) is 2.67. The van der Waals surface area contributed by atoms with E-state index in [4.69, 9.17) is 4.74 Å². The molecule has 0 spiro atoms. The second-order valence-corrected chi connectivity index (χ2v) is 6.71. The number of H-pyrrole nitrogens is 1.